The zero-order valence-corrected chi connectivity index (χ0v) is 7.52. The second-order valence-electron chi connectivity index (χ2n) is 2.84. The smallest absolute Gasteiger partial charge is 0.178 e. The van der Waals surface area contributed by atoms with Gasteiger partial charge in [-0.3, -0.25) is 0 Å². The maximum Gasteiger partial charge on any atom is 0.178 e. The molecule has 0 heterocycles. The van der Waals surface area contributed by atoms with E-state index in [0.717, 1.165) is 0 Å². The third-order valence-electron chi connectivity index (χ3n) is 1.97. The van der Waals surface area contributed by atoms with E-state index in [2.05, 4.69) is 0 Å². The molecule has 1 aromatic rings. The van der Waals surface area contributed by atoms with Crippen LogP contribution in [0.2, 0.25) is 0 Å². The summed E-state index contributed by atoms with van der Waals surface area (Å²) in [6.45, 7) is 1.64. The molecular formula is C10H8N2O2. The first-order valence-corrected chi connectivity index (χ1v) is 3.91. The number of rotatable bonds is 1. The van der Waals surface area contributed by atoms with E-state index in [0.29, 0.717) is 5.56 Å². The molecule has 0 aliphatic carbocycles. The van der Waals surface area contributed by atoms with Crippen molar-refractivity contribution in [1.29, 1.82) is 10.5 Å². The van der Waals surface area contributed by atoms with Crippen molar-refractivity contribution in [3.05, 3.63) is 34.4 Å². The molecule has 1 aromatic carbocycles. The number of aliphatic hydroxyl groups is 2. The average molecular weight is 188 g/mol. The van der Waals surface area contributed by atoms with E-state index in [1.165, 1.54) is 12.1 Å². The number of nitrogens with zero attached hydrogens (tertiary/aromatic N) is 2. The molecule has 0 aliphatic heterocycles. The summed E-state index contributed by atoms with van der Waals surface area (Å²) in [7, 11) is 0. The van der Waals surface area contributed by atoms with Gasteiger partial charge in [0.25, 0.3) is 0 Å². The molecule has 0 atom stereocenters. The van der Waals surface area contributed by atoms with Crippen LogP contribution < -0.4 is 0 Å². The van der Waals surface area contributed by atoms with Crippen LogP contribution in [-0.4, -0.2) is 10.2 Å². The quantitative estimate of drug-likeness (QED) is 0.635. The molecule has 70 valence electrons. The van der Waals surface area contributed by atoms with E-state index in [-0.39, 0.29) is 16.7 Å². The summed E-state index contributed by atoms with van der Waals surface area (Å²) >= 11 is 0. The standard InChI is InChI=1S/C10H8N2O2/c1-6-8(4-11)2-7(10(13)14)3-9(6)5-12/h2-3,10,13-14H,1H3. The molecule has 1 rings (SSSR count). The van der Waals surface area contributed by atoms with Crippen molar-refractivity contribution < 1.29 is 10.2 Å². The van der Waals surface area contributed by atoms with Crippen LogP contribution in [0, 0.1) is 29.6 Å². The monoisotopic (exact) mass is 188 g/mol. The van der Waals surface area contributed by atoms with E-state index in [1.807, 2.05) is 12.1 Å². The largest absolute Gasteiger partial charge is 0.364 e. The summed E-state index contributed by atoms with van der Waals surface area (Å²) in [6, 6.07) is 6.51. The maximum atomic E-state index is 8.89. The van der Waals surface area contributed by atoms with Gasteiger partial charge in [-0.25, -0.2) is 0 Å². The Labute approximate surface area is 81.3 Å². The first-order valence-electron chi connectivity index (χ1n) is 3.91. The summed E-state index contributed by atoms with van der Waals surface area (Å²) in [6.07, 6.45) is -1.66. The summed E-state index contributed by atoms with van der Waals surface area (Å²) < 4.78 is 0. The molecule has 0 fully saturated rings. The van der Waals surface area contributed by atoms with E-state index < -0.39 is 6.29 Å². The van der Waals surface area contributed by atoms with Gasteiger partial charge in [0.1, 0.15) is 0 Å². The van der Waals surface area contributed by atoms with E-state index in [9.17, 15) is 0 Å². The van der Waals surface area contributed by atoms with Crippen LogP contribution in [0.15, 0.2) is 12.1 Å². The van der Waals surface area contributed by atoms with Gasteiger partial charge in [0.15, 0.2) is 6.29 Å². The summed E-state index contributed by atoms with van der Waals surface area (Å²) in [4.78, 5) is 0. The highest BCUT2D eigenvalue weighted by atomic mass is 16.5. The molecule has 4 nitrogen and oxygen atoms in total. The SMILES string of the molecule is Cc1c(C#N)cc(C(O)O)cc1C#N. The van der Waals surface area contributed by atoms with E-state index in [4.69, 9.17) is 20.7 Å². The molecular weight excluding hydrogens is 180 g/mol. The van der Waals surface area contributed by atoms with Crippen LogP contribution in [0.1, 0.15) is 28.5 Å². The normalized spacial score (nSPS) is 9.57. The Morgan fingerprint density at radius 2 is 1.57 bits per heavy atom. The van der Waals surface area contributed by atoms with Crippen molar-refractivity contribution in [2.45, 2.75) is 13.2 Å². The molecule has 0 saturated carbocycles. The average Bonchev–Trinajstić information content (AvgIpc) is 2.17. The van der Waals surface area contributed by atoms with Crippen molar-refractivity contribution >= 4 is 0 Å². The van der Waals surface area contributed by atoms with Gasteiger partial charge in [-0.2, -0.15) is 10.5 Å². The minimum absolute atomic E-state index is 0.156. The Morgan fingerprint density at radius 1 is 1.14 bits per heavy atom. The second kappa shape index (κ2) is 3.89. The summed E-state index contributed by atoms with van der Waals surface area (Å²) in [5, 5.41) is 35.2. The van der Waals surface area contributed by atoms with E-state index in [1.54, 1.807) is 6.92 Å². The second-order valence-corrected chi connectivity index (χ2v) is 2.84. The predicted octanol–water partition coefficient (Wildman–Crippen LogP) is 0.722. The number of hydrogen-bond donors (Lipinski definition) is 2. The van der Waals surface area contributed by atoms with Crippen molar-refractivity contribution in [2.75, 3.05) is 0 Å². The van der Waals surface area contributed by atoms with Crippen LogP contribution in [0.4, 0.5) is 0 Å². The van der Waals surface area contributed by atoms with Gasteiger partial charge < -0.3 is 10.2 Å². The summed E-state index contributed by atoms with van der Waals surface area (Å²) in [5.74, 6) is 0. The van der Waals surface area contributed by atoms with Gasteiger partial charge in [0.2, 0.25) is 0 Å². The Balaban J connectivity index is 3.44. The van der Waals surface area contributed by atoms with Gasteiger partial charge in [0.05, 0.1) is 23.3 Å². The Kier molecular flexibility index (Phi) is 2.83. The molecule has 0 bridgehead atoms. The fraction of sp³-hybridized carbons (Fsp3) is 0.200. The highest BCUT2D eigenvalue weighted by molar-refractivity contribution is 5.50. The topological polar surface area (TPSA) is 88.0 Å². The maximum absolute atomic E-state index is 8.89. The fourth-order valence-corrected chi connectivity index (χ4v) is 1.12. The van der Waals surface area contributed by atoms with Crippen molar-refractivity contribution in [3.8, 4) is 12.1 Å². The summed E-state index contributed by atoms with van der Waals surface area (Å²) in [5.41, 5.74) is 1.28. The number of aliphatic hydroxyl groups excluding tert-OH is 1. The van der Waals surface area contributed by atoms with Crippen molar-refractivity contribution in [2.24, 2.45) is 0 Å². The molecule has 4 heteroatoms. The minimum atomic E-state index is -1.66. The molecule has 2 N–H and O–H groups in total. The van der Waals surface area contributed by atoms with Gasteiger partial charge in [-0.05, 0) is 24.6 Å². The lowest BCUT2D eigenvalue weighted by molar-refractivity contribution is -0.0425. The lowest BCUT2D eigenvalue weighted by Crippen LogP contribution is -1.99. The Morgan fingerprint density at radius 3 is 1.86 bits per heavy atom. The van der Waals surface area contributed by atoms with Crippen molar-refractivity contribution in [3.63, 3.8) is 0 Å². The molecule has 0 aliphatic rings. The van der Waals surface area contributed by atoms with Gasteiger partial charge in [0, 0.05) is 5.56 Å². The van der Waals surface area contributed by atoms with Crippen LogP contribution >= 0.6 is 0 Å². The Bertz CT molecular complexity index is 403. The molecule has 0 radical (unpaired) electrons. The first kappa shape index (κ1) is 10.2. The molecule has 0 amide bonds. The number of nitriles is 2. The lowest BCUT2D eigenvalue weighted by Gasteiger charge is -2.07. The lowest BCUT2D eigenvalue weighted by atomic mass is 10.00. The molecule has 0 aromatic heterocycles. The molecule has 0 unspecified atom stereocenters. The van der Waals surface area contributed by atoms with Crippen LogP contribution in [0.25, 0.3) is 0 Å². The third kappa shape index (κ3) is 1.72. The first-order chi connectivity index (χ1) is 6.60. The van der Waals surface area contributed by atoms with Gasteiger partial charge in [-0.1, -0.05) is 0 Å². The molecule has 14 heavy (non-hydrogen) atoms. The predicted molar refractivity (Wildman–Crippen MR) is 47.8 cm³/mol. The van der Waals surface area contributed by atoms with Gasteiger partial charge >= 0.3 is 0 Å². The fourth-order valence-electron chi connectivity index (χ4n) is 1.12. The highest BCUT2D eigenvalue weighted by Crippen LogP contribution is 2.19. The number of hydrogen-bond acceptors (Lipinski definition) is 4. The molecule has 0 spiro atoms. The van der Waals surface area contributed by atoms with E-state index >= 15 is 0 Å². The zero-order valence-electron chi connectivity index (χ0n) is 7.52. The zero-order chi connectivity index (χ0) is 10.7. The Hall–Kier alpha value is -1.88. The number of benzene rings is 1. The van der Waals surface area contributed by atoms with Gasteiger partial charge in [-0.15, -0.1) is 0 Å². The third-order valence-corrected chi connectivity index (χ3v) is 1.97. The van der Waals surface area contributed by atoms with Crippen LogP contribution in [0.3, 0.4) is 0 Å². The van der Waals surface area contributed by atoms with Crippen LogP contribution in [0.5, 0.6) is 0 Å². The van der Waals surface area contributed by atoms with Crippen LogP contribution in [-0.2, 0) is 0 Å². The highest BCUT2D eigenvalue weighted by Gasteiger charge is 2.10. The molecule has 0 saturated heterocycles. The van der Waals surface area contributed by atoms with Crippen molar-refractivity contribution in [1.82, 2.24) is 0 Å². The minimum Gasteiger partial charge on any atom is -0.364 e.